The standard InChI is InChI=1S/C16H12Cl2O/c1-2-3-12-4-7-14(8-5-12)19-11-13-6-9-15(17)16(18)10-13/h1,4-10H,3,11H2. The number of hydrogen-bond donors (Lipinski definition) is 0. The third kappa shape index (κ3) is 3.92. The number of ether oxygens (including phenoxy) is 1. The Labute approximate surface area is 123 Å². The van der Waals surface area contributed by atoms with Gasteiger partial charge in [0.05, 0.1) is 10.0 Å². The fraction of sp³-hybridized carbons (Fsp3) is 0.125. The Morgan fingerprint density at radius 3 is 2.26 bits per heavy atom. The minimum atomic E-state index is 0.450. The lowest BCUT2D eigenvalue weighted by Gasteiger charge is -2.07. The minimum Gasteiger partial charge on any atom is -0.489 e. The monoisotopic (exact) mass is 290 g/mol. The van der Waals surface area contributed by atoms with Crippen molar-refractivity contribution in [1.82, 2.24) is 0 Å². The van der Waals surface area contributed by atoms with Crippen LogP contribution in [0.2, 0.25) is 10.0 Å². The fourth-order valence-electron chi connectivity index (χ4n) is 1.62. The van der Waals surface area contributed by atoms with Crippen molar-refractivity contribution in [1.29, 1.82) is 0 Å². The van der Waals surface area contributed by atoms with E-state index in [0.717, 1.165) is 16.9 Å². The van der Waals surface area contributed by atoms with Gasteiger partial charge in [-0.15, -0.1) is 12.3 Å². The average molecular weight is 291 g/mol. The van der Waals surface area contributed by atoms with E-state index in [2.05, 4.69) is 5.92 Å². The fourth-order valence-corrected chi connectivity index (χ4v) is 1.94. The Bertz CT molecular complexity index is 597. The molecule has 2 aromatic carbocycles. The molecule has 2 aromatic rings. The van der Waals surface area contributed by atoms with Crippen LogP contribution < -0.4 is 4.74 Å². The maximum atomic E-state index is 5.94. The molecule has 0 spiro atoms. The molecule has 0 saturated carbocycles. The molecule has 0 atom stereocenters. The number of hydrogen-bond acceptors (Lipinski definition) is 1. The lowest BCUT2D eigenvalue weighted by molar-refractivity contribution is 0.306. The van der Waals surface area contributed by atoms with Crippen molar-refractivity contribution >= 4 is 23.2 Å². The summed E-state index contributed by atoms with van der Waals surface area (Å²) in [5, 5.41) is 1.08. The lowest BCUT2D eigenvalue weighted by atomic mass is 10.1. The highest BCUT2D eigenvalue weighted by Crippen LogP contribution is 2.23. The van der Waals surface area contributed by atoms with Gasteiger partial charge in [-0.1, -0.05) is 41.4 Å². The Kier molecular flexibility index (Phi) is 4.74. The number of rotatable bonds is 4. The van der Waals surface area contributed by atoms with Crippen LogP contribution in [0.25, 0.3) is 0 Å². The highest BCUT2D eigenvalue weighted by atomic mass is 35.5. The van der Waals surface area contributed by atoms with Crippen molar-refractivity contribution < 1.29 is 4.74 Å². The molecule has 0 aromatic heterocycles. The van der Waals surface area contributed by atoms with Crippen molar-refractivity contribution in [3.63, 3.8) is 0 Å². The summed E-state index contributed by atoms with van der Waals surface area (Å²) < 4.78 is 5.67. The number of halogens is 2. The normalized spacial score (nSPS) is 9.95. The van der Waals surface area contributed by atoms with Gasteiger partial charge in [0.2, 0.25) is 0 Å². The highest BCUT2D eigenvalue weighted by molar-refractivity contribution is 6.42. The molecule has 0 amide bonds. The quantitative estimate of drug-likeness (QED) is 0.739. The topological polar surface area (TPSA) is 9.23 Å². The predicted molar refractivity (Wildman–Crippen MR) is 79.8 cm³/mol. The summed E-state index contributed by atoms with van der Waals surface area (Å²) in [7, 11) is 0. The maximum absolute atomic E-state index is 5.94. The van der Waals surface area contributed by atoms with E-state index < -0.39 is 0 Å². The Hall–Kier alpha value is -1.62. The zero-order chi connectivity index (χ0) is 13.7. The first kappa shape index (κ1) is 13.8. The van der Waals surface area contributed by atoms with E-state index >= 15 is 0 Å². The molecule has 3 heteroatoms. The predicted octanol–water partition coefficient (Wildman–Crippen LogP) is 4.75. The van der Waals surface area contributed by atoms with Gasteiger partial charge in [-0.3, -0.25) is 0 Å². The molecule has 0 fully saturated rings. The molecule has 0 bridgehead atoms. The van der Waals surface area contributed by atoms with Crippen molar-refractivity contribution in [2.75, 3.05) is 0 Å². The van der Waals surface area contributed by atoms with Gasteiger partial charge in [0.15, 0.2) is 0 Å². The Morgan fingerprint density at radius 1 is 0.947 bits per heavy atom. The van der Waals surface area contributed by atoms with Crippen molar-refractivity contribution in [2.24, 2.45) is 0 Å². The van der Waals surface area contributed by atoms with E-state index in [4.69, 9.17) is 34.4 Å². The minimum absolute atomic E-state index is 0.450. The summed E-state index contributed by atoms with van der Waals surface area (Å²) in [4.78, 5) is 0. The molecule has 1 nitrogen and oxygen atoms in total. The van der Waals surface area contributed by atoms with Gasteiger partial charge in [-0.2, -0.15) is 0 Å². The van der Waals surface area contributed by atoms with E-state index in [1.807, 2.05) is 30.3 Å². The third-order valence-electron chi connectivity index (χ3n) is 2.62. The van der Waals surface area contributed by atoms with E-state index in [9.17, 15) is 0 Å². The molecule has 0 radical (unpaired) electrons. The van der Waals surface area contributed by atoms with Gasteiger partial charge in [-0.05, 0) is 35.4 Å². The molecule has 0 aliphatic rings. The SMILES string of the molecule is C#CCc1ccc(OCc2ccc(Cl)c(Cl)c2)cc1. The van der Waals surface area contributed by atoms with Gasteiger partial charge in [0.25, 0.3) is 0 Å². The van der Waals surface area contributed by atoms with Crippen LogP contribution >= 0.6 is 23.2 Å². The zero-order valence-electron chi connectivity index (χ0n) is 10.2. The van der Waals surface area contributed by atoms with Crippen molar-refractivity contribution in [3.8, 4) is 18.1 Å². The summed E-state index contributed by atoms with van der Waals surface area (Å²) >= 11 is 11.8. The molecule has 0 N–H and O–H groups in total. The van der Waals surface area contributed by atoms with Crippen LogP contribution in [-0.4, -0.2) is 0 Å². The summed E-state index contributed by atoms with van der Waals surface area (Å²) in [5.41, 5.74) is 2.08. The van der Waals surface area contributed by atoms with E-state index in [1.165, 1.54) is 0 Å². The molecular formula is C16H12Cl2O. The summed E-state index contributed by atoms with van der Waals surface area (Å²) in [6.45, 7) is 0.450. The molecule has 2 rings (SSSR count). The molecule has 0 unspecified atom stereocenters. The second kappa shape index (κ2) is 6.52. The molecule has 0 aliphatic carbocycles. The average Bonchev–Trinajstić information content (AvgIpc) is 2.42. The second-order valence-corrected chi connectivity index (χ2v) is 4.88. The molecule has 0 aliphatic heterocycles. The first-order valence-electron chi connectivity index (χ1n) is 5.78. The van der Waals surface area contributed by atoms with Gasteiger partial charge in [0.1, 0.15) is 12.4 Å². The molecular weight excluding hydrogens is 279 g/mol. The summed E-state index contributed by atoms with van der Waals surface area (Å²) in [5.74, 6) is 3.40. The van der Waals surface area contributed by atoms with Crippen LogP contribution in [0.5, 0.6) is 5.75 Å². The van der Waals surface area contributed by atoms with Crippen LogP contribution in [0.3, 0.4) is 0 Å². The molecule has 96 valence electrons. The Morgan fingerprint density at radius 2 is 1.63 bits per heavy atom. The lowest BCUT2D eigenvalue weighted by Crippen LogP contribution is -1.95. The number of benzene rings is 2. The van der Waals surface area contributed by atoms with Crippen molar-refractivity contribution in [3.05, 3.63) is 63.6 Å². The first-order valence-corrected chi connectivity index (χ1v) is 6.54. The molecule has 19 heavy (non-hydrogen) atoms. The van der Waals surface area contributed by atoms with Crippen LogP contribution in [0.4, 0.5) is 0 Å². The van der Waals surface area contributed by atoms with Crippen LogP contribution in [0, 0.1) is 12.3 Å². The largest absolute Gasteiger partial charge is 0.489 e. The van der Waals surface area contributed by atoms with Gasteiger partial charge in [-0.25, -0.2) is 0 Å². The van der Waals surface area contributed by atoms with Crippen LogP contribution in [0.1, 0.15) is 11.1 Å². The van der Waals surface area contributed by atoms with E-state index in [-0.39, 0.29) is 0 Å². The van der Waals surface area contributed by atoms with Crippen LogP contribution in [-0.2, 0) is 13.0 Å². The first-order chi connectivity index (χ1) is 9.19. The highest BCUT2D eigenvalue weighted by Gasteiger charge is 2.01. The second-order valence-electron chi connectivity index (χ2n) is 4.06. The zero-order valence-corrected chi connectivity index (χ0v) is 11.7. The number of terminal acetylenes is 1. The summed E-state index contributed by atoms with van der Waals surface area (Å²) in [6, 6.07) is 13.2. The van der Waals surface area contributed by atoms with Crippen LogP contribution in [0.15, 0.2) is 42.5 Å². The van der Waals surface area contributed by atoms with E-state index in [0.29, 0.717) is 23.1 Å². The van der Waals surface area contributed by atoms with Gasteiger partial charge < -0.3 is 4.74 Å². The third-order valence-corrected chi connectivity index (χ3v) is 3.36. The summed E-state index contributed by atoms with van der Waals surface area (Å²) in [6.07, 6.45) is 5.89. The molecule has 0 saturated heterocycles. The molecule has 0 heterocycles. The Balaban J connectivity index is 1.98. The van der Waals surface area contributed by atoms with Gasteiger partial charge in [0, 0.05) is 6.42 Å². The van der Waals surface area contributed by atoms with Crippen molar-refractivity contribution in [2.45, 2.75) is 13.0 Å². The van der Waals surface area contributed by atoms with Gasteiger partial charge >= 0.3 is 0 Å². The maximum Gasteiger partial charge on any atom is 0.119 e. The van der Waals surface area contributed by atoms with E-state index in [1.54, 1.807) is 12.1 Å². The smallest absolute Gasteiger partial charge is 0.119 e.